The highest BCUT2D eigenvalue weighted by Crippen LogP contribution is 2.26. The van der Waals surface area contributed by atoms with Crippen molar-refractivity contribution >= 4 is 5.91 Å². The van der Waals surface area contributed by atoms with Crippen LogP contribution in [0.15, 0.2) is 0 Å². The maximum atomic E-state index is 12.2. The van der Waals surface area contributed by atoms with E-state index >= 15 is 0 Å². The Morgan fingerprint density at radius 1 is 1.30 bits per heavy atom. The molecular weight excluding hydrogens is 254 g/mol. The van der Waals surface area contributed by atoms with Crippen LogP contribution in [0.1, 0.15) is 51.4 Å². The van der Waals surface area contributed by atoms with Crippen molar-refractivity contribution in [3.05, 3.63) is 0 Å². The highest BCUT2D eigenvalue weighted by atomic mass is 16.3. The van der Waals surface area contributed by atoms with Crippen LogP contribution in [0.5, 0.6) is 0 Å². The Morgan fingerprint density at radius 2 is 2.00 bits per heavy atom. The molecule has 2 N–H and O–H groups in total. The van der Waals surface area contributed by atoms with Gasteiger partial charge >= 0.3 is 0 Å². The van der Waals surface area contributed by atoms with E-state index in [0.29, 0.717) is 13.1 Å². The highest BCUT2D eigenvalue weighted by Gasteiger charge is 2.33. The highest BCUT2D eigenvalue weighted by molar-refractivity contribution is 5.79. The van der Waals surface area contributed by atoms with E-state index in [0.717, 1.165) is 57.9 Å². The summed E-state index contributed by atoms with van der Waals surface area (Å²) in [5.41, 5.74) is -0.665. The second kappa shape index (κ2) is 7.05. The minimum absolute atomic E-state index is 0.0810. The number of aliphatic hydroxyl groups is 1. The lowest BCUT2D eigenvalue weighted by atomic mass is 9.92. The Morgan fingerprint density at radius 3 is 2.60 bits per heavy atom. The van der Waals surface area contributed by atoms with E-state index in [9.17, 15) is 15.2 Å². The molecule has 1 heterocycles. The van der Waals surface area contributed by atoms with Crippen LogP contribution in [0.4, 0.5) is 0 Å². The summed E-state index contributed by atoms with van der Waals surface area (Å²) in [7, 11) is 0. The van der Waals surface area contributed by atoms with E-state index in [-0.39, 0.29) is 12.0 Å². The number of likely N-dealkylation sites (tertiary alicyclic amines) is 1. The topological polar surface area (TPSA) is 76.4 Å². The lowest BCUT2D eigenvalue weighted by Crippen LogP contribution is -2.52. The van der Waals surface area contributed by atoms with Gasteiger partial charge in [-0.2, -0.15) is 5.26 Å². The third kappa shape index (κ3) is 4.19. The van der Waals surface area contributed by atoms with Gasteiger partial charge in [0.15, 0.2) is 0 Å². The number of β-amino-alcohol motifs (C(OH)–C–C–N with tert-alkyl or cyclic N) is 1. The first-order valence-electron chi connectivity index (χ1n) is 7.76. The molecule has 2 rings (SSSR count). The Balaban J connectivity index is 1.87. The van der Waals surface area contributed by atoms with Crippen molar-refractivity contribution in [3.8, 4) is 6.07 Å². The third-order valence-corrected chi connectivity index (χ3v) is 4.40. The largest absolute Gasteiger partial charge is 0.392 e. The maximum absolute atomic E-state index is 12.2. The first kappa shape index (κ1) is 15.3. The smallest absolute Gasteiger partial charge is 0.235 e. The summed E-state index contributed by atoms with van der Waals surface area (Å²) in [5.74, 6) is -0.0810. The summed E-state index contributed by atoms with van der Waals surface area (Å²) in [6.07, 6.45) is 7.27. The molecule has 0 aromatic rings. The number of nitrogens with zero attached hydrogens (tertiary/aromatic N) is 2. The van der Waals surface area contributed by atoms with Crippen LogP contribution in [-0.4, -0.2) is 47.2 Å². The van der Waals surface area contributed by atoms with Crippen molar-refractivity contribution in [1.29, 1.82) is 5.26 Å². The first-order chi connectivity index (χ1) is 9.63. The standard InChI is InChI=1S/C15H25N3O2/c16-12-15(7-3-1-2-4-8-15)17-14(20)11-18-9-5-6-13(19)10-18/h13,19H,1-11H2,(H,17,20)/t13-/m0/s1. The molecule has 1 aliphatic carbocycles. The predicted octanol–water partition coefficient (Wildman–Crippen LogP) is 1.18. The van der Waals surface area contributed by atoms with E-state index in [1.165, 1.54) is 0 Å². The van der Waals surface area contributed by atoms with Crippen LogP contribution in [0.2, 0.25) is 0 Å². The molecule has 0 unspecified atom stereocenters. The molecule has 112 valence electrons. The zero-order valence-corrected chi connectivity index (χ0v) is 12.1. The third-order valence-electron chi connectivity index (χ3n) is 4.40. The molecule has 1 saturated carbocycles. The average molecular weight is 279 g/mol. The normalized spacial score (nSPS) is 27.3. The van der Waals surface area contributed by atoms with Gasteiger partial charge in [-0.1, -0.05) is 25.7 Å². The van der Waals surface area contributed by atoms with Gasteiger partial charge in [0, 0.05) is 6.54 Å². The number of nitriles is 1. The number of nitrogens with one attached hydrogen (secondary N) is 1. The summed E-state index contributed by atoms with van der Waals surface area (Å²) < 4.78 is 0. The average Bonchev–Trinajstić information content (AvgIpc) is 2.65. The number of amides is 1. The van der Waals surface area contributed by atoms with Crippen molar-refractivity contribution in [2.24, 2.45) is 0 Å². The van der Waals surface area contributed by atoms with Gasteiger partial charge in [0.1, 0.15) is 5.54 Å². The minimum atomic E-state index is -0.665. The van der Waals surface area contributed by atoms with Crippen LogP contribution in [0.25, 0.3) is 0 Å². The summed E-state index contributed by atoms with van der Waals surface area (Å²) in [6.45, 7) is 1.71. The van der Waals surface area contributed by atoms with E-state index in [1.807, 2.05) is 4.90 Å². The van der Waals surface area contributed by atoms with Crippen molar-refractivity contribution in [2.75, 3.05) is 19.6 Å². The van der Waals surface area contributed by atoms with Crippen LogP contribution >= 0.6 is 0 Å². The molecule has 0 aromatic carbocycles. The quantitative estimate of drug-likeness (QED) is 0.761. The maximum Gasteiger partial charge on any atom is 0.235 e. The number of carbonyl (C=O) groups excluding carboxylic acids is 1. The van der Waals surface area contributed by atoms with Gasteiger partial charge in [-0.3, -0.25) is 9.69 Å². The zero-order chi connectivity index (χ0) is 14.4. The minimum Gasteiger partial charge on any atom is -0.392 e. The molecule has 5 heteroatoms. The Bertz CT molecular complexity index is 370. The SMILES string of the molecule is N#CC1(NC(=O)CN2CCC[C@H](O)C2)CCCCCC1. The zero-order valence-electron chi connectivity index (χ0n) is 12.1. The molecule has 0 spiro atoms. The second-order valence-corrected chi connectivity index (χ2v) is 6.19. The fourth-order valence-corrected chi connectivity index (χ4v) is 3.28. The monoisotopic (exact) mass is 279 g/mol. The Hall–Kier alpha value is -1.12. The molecule has 1 amide bonds. The van der Waals surface area contributed by atoms with Gasteiger partial charge in [-0.05, 0) is 32.2 Å². The summed E-state index contributed by atoms with van der Waals surface area (Å²) >= 11 is 0. The predicted molar refractivity (Wildman–Crippen MR) is 75.9 cm³/mol. The molecular formula is C15H25N3O2. The van der Waals surface area contributed by atoms with Crippen molar-refractivity contribution in [1.82, 2.24) is 10.2 Å². The van der Waals surface area contributed by atoms with Crippen LogP contribution in [0, 0.1) is 11.3 Å². The van der Waals surface area contributed by atoms with Gasteiger partial charge in [-0.15, -0.1) is 0 Å². The van der Waals surface area contributed by atoms with Crippen molar-refractivity contribution < 1.29 is 9.90 Å². The fraction of sp³-hybridized carbons (Fsp3) is 0.867. The van der Waals surface area contributed by atoms with E-state index < -0.39 is 5.54 Å². The number of piperidine rings is 1. The summed E-state index contributed by atoms with van der Waals surface area (Å²) in [5, 5.41) is 22.0. The second-order valence-electron chi connectivity index (χ2n) is 6.19. The first-order valence-corrected chi connectivity index (χ1v) is 7.76. The number of hydrogen-bond acceptors (Lipinski definition) is 4. The van der Waals surface area contributed by atoms with Gasteiger partial charge < -0.3 is 10.4 Å². The Kier molecular flexibility index (Phi) is 5.38. The number of rotatable bonds is 3. The van der Waals surface area contributed by atoms with Crippen LogP contribution in [-0.2, 0) is 4.79 Å². The van der Waals surface area contributed by atoms with Crippen LogP contribution in [0.3, 0.4) is 0 Å². The van der Waals surface area contributed by atoms with Gasteiger partial charge in [0.25, 0.3) is 0 Å². The van der Waals surface area contributed by atoms with Gasteiger partial charge in [0.05, 0.1) is 18.7 Å². The van der Waals surface area contributed by atoms with Gasteiger partial charge in [-0.25, -0.2) is 0 Å². The van der Waals surface area contributed by atoms with Crippen molar-refractivity contribution in [2.45, 2.75) is 63.0 Å². The molecule has 1 aliphatic heterocycles. The summed E-state index contributed by atoms with van der Waals surface area (Å²) in [6, 6.07) is 2.33. The van der Waals surface area contributed by atoms with Crippen molar-refractivity contribution in [3.63, 3.8) is 0 Å². The van der Waals surface area contributed by atoms with Crippen LogP contribution < -0.4 is 5.32 Å². The summed E-state index contributed by atoms with van der Waals surface area (Å²) in [4.78, 5) is 14.2. The number of carbonyl (C=O) groups is 1. The lowest BCUT2D eigenvalue weighted by Gasteiger charge is -2.31. The molecule has 0 radical (unpaired) electrons. The lowest BCUT2D eigenvalue weighted by molar-refractivity contribution is -0.124. The van der Waals surface area contributed by atoms with E-state index in [2.05, 4.69) is 11.4 Å². The van der Waals surface area contributed by atoms with E-state index in [1.54, 1.807) is 0 Å². The molecule has 1 saturated heterocycles. The number of aliphatic hydroxyl groups excluding tert-OH is 1. The molecule has 0 bridgehead atoms. The van der Waals surface area contributed by atoms with E-state index in [4.69, 9.17) is 0 Å². The van der Waals surface area contributed by atoms with Gasteiger partial charge in [0.2, 0.25) is 5.91 Å². The molecule has 2 aliphatic rings. The Labute approximate surface area is 120 Å². The molecule has 1 atom stereocenters. The molecule has 2 fully saturated rings. The fourth-order valence-electron chi connectivity index (χ4n) is 3.28. The molecule has 0 aromatic heterocycles. The molecule has 20 heavy (non-hydrogen) atoms. The number of hydrogen-bond donors (Lipinski definition) is 2. The molecule has 5 nitrogen and oxygen atoms in total.